The van der Waals surface area contributed by atoms with E-state index in [1.54, 1.807) is 0 Å². The van der Waals surface area contributed by atoms with Gasteiger partial charge in [-0.15, -0.1) is 0 Å². The maximum absolute atomic E-state index is 12.9. The average Bonchev–Trinajstić information content (AvgIpc) is 3.19. The molecule has 2 unspecified atom stereocenters. The third-order valence-electron chi connectivity index (χ3n) is 7.12. The molecule has 0 bridgehead atoms. The van der Waals surface area contributed by atoms with Crippen molar-refractivity contribution in [2.75, 3.05) is 12.3 Å². The van der Waals surface area contributed by atoms with Gasteiger partial charge in [-0.3, -0.25) is 14.2 Å². The Kier molecular flexibility index (Phi) is 8.30. The van der Waals surface area contributed by atoms with E-state index < -0.39 is 25.2 Å². The van der Waals surface area contributed by atoms with E-state index in [0.29, 0.717) is 25.2 Å². The standard InChI is InChI=1S/C24H35O5P/c25-23(17-30(28,29)14-8-7-11-18-9-3-1-4-10-18)21-15-20(16-22(21)24(26)27)19-12-5-2-6-13-19/h1,3-4,9-10,19-22H,2,5-8,11-17H2,(H,26,27)(H,28,29)/t20-,21?,22+/m0/s1. The first-order valence-electron chi connectivity index (χ1n) is 11.5. The number of carbonyl (C=O) groups excluding carboxylic acids is 1. The van der Waals surface area contributed by atoms with Gasteiger partial charge in [0.05, 0.1) is 12.1 Å². The average molecular weight is 435 g/mol. The number of benzene rings is 1. The van der Waals surface area contributed by atoms with Crippen LogP contribution in [0.25, 0.3) is 0 Å². The molecule has 2 fully saturated rings. The van der Waals surface area contributed by atoms with Gasteiger partial charge in [-0.05, 0) is 49.5 Å². The Balaban J connectivity index is 1.50. The van der Waals surface area contributed by atoms with Gasteiger partial charge in [0, 0.05) is 12.1 Å². The number of unbranched alkanes of at least 4 members (excludes halogenated alkanes) is 1. The summed E-state index contributed by atoms with van der Waals surface area (Å²) in [5, 5.41) is 9.64. The fourth-order valence-corrected chi connectivity index (χ4v) is 7.07. The fourth-order valence-electron chi connectivity index (χ4n) is 5.47. The molecular weight excluding hydrogens is 399 g/mol. The van der Waals surface area contributed by atoms with Crippen molar-refractivity contribution in [2.45, 2.75) is 64.2 Å². The van der Waals surface area contributed by atoms with Crippen LogP contribution >= 0.6 is 7.37 Å². The lowest BCUT2D eigenvalue weighted by Crippen LogP contribution is -2.27. The van der Waals surface area contributed by atoms with Crippen LogP contribution in [0.15, 0.2) is 30.3 Å². The molecule has 0 radical (unpaired) electrons. The number of hydrogen-bond donors (Lipinski definition) is 2. The first-order chi connectivity index (χ1) is 14.4. The molecule has 2 aliphatic carbocycles. The molecule has 1 aromatic rings. The largest absolute Gasteiger partial charge is 0.481 e. The van der Waals surface area contributed by atoms with Crippen molar-refractivity contribution in [3.05, 3.63) is 35.9 Å². The highest BCUT2D eigenvalue weighted by atomic mass is 31.2. The zero-order chi connectivity index (χ0) is 21.6. The van der Waals surface area contributed by atoms with Gasteiger partial charge in [0.1, 0.15) is 5.78 Å². The van der Waals surface area contributed by atoms with Gasteiger partial charge in [0.2, 0.25) is 7.37 Å². The minimum absolute atomic E-state index is 0.127. The number of carbonyl (C=O) groups is 2. The van der Waals surface area contributed by atoms with Gasteiger partial charge in [-0.2, -0.15) is 0 Å². The summed E-state index contributed by atoms with van der Waals surface area (Å²) in [6, 6.07) is 10.00. The minimum atomic E-state index is -3.57. The van der Waals surface area contributed by atoms with E-state index in [-0.39, 0.29) is 24.0 Å². The molecule has 2 aliphatic rings. The van der Waals surface area contributed by atoms with Crippen LogP contribution in [0.4, 0.5) is 0 Å². The molecule has 0 heterocycles. The summed E-state index contributed by atoms with van der Waals surface area (Å²) in [4.78, 5) is 35.0. The highest BCUT2D eigenvalue weighted by molar-refractivity contribution is 7.58. The Morgan fingerprint density at radius 3 is 2.27 bits per heavy atom. The van der Waals surface area contributed by atoms with E-state index in [1.165, 1.54) is 24.8 Å². The number of ketones is 1. The van der Waals surface area contributed by atoms with Gasteiger partial charge in [-0.1, -0.05) is 62.4 Å². The fraction of sp³-hybridized carbons (Fsp3) is 0.667. The Hall–Kier alpha value is -1.45. The summed E-state index contributed by atoms with van der Waals surface area (Å²) >= 11 is 0. The number of rotatable bonds is 10. The summed E-state index contributed by atoms with van der Waals surface area (Å²) in [5.41, 5.74) is 1.20. The molecule has 5 nitrogen and oxygen atoms in total. The van der Waals surface area contributed by atoms with E-state index in [0.717, 1.165) is 25.7 Å². The number of aryl methyl sites for hydroxylation is 1. The molecule has 4 atom stereocenters. The molecular formula is C24H35O5P. The van der Waals surface area contributed by atoms with Crippen molar-refractivity contribution in [3.8, 4) is 0 Å². The predicted octanol–water partition coefficient (Wildman–Crippen LogP) is 5.16. The maximum atomic E-state index is 12.9. The Morgan fingerprint density at radius 2 is 1.60 bits per heavy atom. The van der Waals surface area contributed by atoms with Gasteiger partial charge in [-0.25, -0.2) is 0 Å². The van der Waals surface area contributed by atoms with Crippen LogP contribution in [0.1, 0.15) is 63.4 Å². The first-order valence-corrected chi connectivity index (χ1v) is 13.5. The van der Waals surface area contributed by atoms with Crippen LogP contribution in [0, 0.1) is 23.7 Å². The number of hydrogen-bond acceptors (Lipinski definition) is 3. The van der Waals surface area contributed by atoms with E-state index in [9.17, 15) is 24.2 Å². The zero-order valence-corrected chi connectivity index (χ0v) is 18.6. The smallest absolute Gasteiger partial charge is 0.307 e. The monoisotopic (exact) mass is 434 g/mol. The SMILES string of the molecule is O=C(CP(=O)(O)CCCCc1ccccc1)C1C[C@H](C2CCCCC2)C[C@H]1C(=O)O. The first kappa shape index (κ1) is 23.2. The summed E-state index contributed by atoms with van der Waals surface area (Å²) in [5.74, 6) is -1.75. The van der Waals surface area contributed by atoms with Gasteiger partial charge >= 0.3 is 5.97 Å². The van der Waals surface area contributed by atoms with E-state index in [1.807, 2.05) is 30.3 Å². The van der Waals surface area contributed by atoms with Gasteiger partial charge in [0.25, 0.3) is 0 Å². The molecule has 30 heavy (non-hydrogen) atoms. The third kappa shape index (κ3) is 6.52. The second-order valence-electron chi connectivity index (χ2n) is 9.32. The van der Waals surface area contributed by atoms with Crippen molar-refractivity contribution in [1.29, 1.82) is 0 Å². The lowest BCUT2D eigenvalue weighted by molar-refractivity contribution is -0.145. The van der Waals surface area contributed by atoms with Crippen molar-refractivity contribution in [2.24, 2.45) is 23.7 Å². The summed E-state index contributed by atoms with van der Waals surface area (Å²) in [6.45, 7) is 0. The molecule has 1 aromatic carbocycles. The maximum Gasteiger partial charge on any atom is 0.307 e. The predicted molar refractivity (Wildman–Crippen MR) is 118 cm³/mol. The van der Waals surface area contributed by atoms with Gasteiger partial charge < -0.3 is 10.00 Å². The van der Waals surface area contributed by atoms with Crippen LogP contribution < -0.4 is 0 Å². The molecule has 2 saturated carbocycles. The van der Waals surface area contributed by atoms with Crippen LogP contribution in [0.2, 0.25) is 0 Å². The van der Waals surface area contributed by atoms with E-state index in [4.69, 9.17) is 0 Å². The topological polar surface area (TPSA) is 91.7 Å². The van der Waals surface area contributed by atoms with Crippen molar-refractivity contribution in [1.82, 2.24) is 0 Å². The van der Waals surface area contributed by atoms with E-state index >= 15 is 0 Å². The Bertz CT molecular complexity index is 756. The molecule has 2 N–H and O–H groups in total. The highest BCUT2D eigenvalue weighted by Crippen LogP contribution is 2.48. The van der Waals surface area contributed by atoms with Crippen LogP contribution in [-0.4, -0.2) is 34.1 Å². The number of Topliss-reactive ketones (excluding diaryl/α,β-unsaturated/α-hetero) is 1. The number of carboxylic acids is 1. The van der Waals surface area contributed by atoms with Crippen LogP contribution in [0.3, 0.4) is 0 Å². The van der Waals surface area contributed by atoms with Gasteiger partial charge in [0.15, 0.2) is 0 Å². The molecule has 166 valence electrons. The summed E-state index contributed by atoms with van der Waals surface area (Å²) in [6.07, 6.45) is 8.98. The Labute approximate surface area is 179 Å². The molecule has 3 rings (SSSR count). The van der Waals surface area contributed by atoms with Crippen molar-refractivity contribution >= 4 is 19.1 Å². The van der Waals surface area contributed by atoms with Crippen LogP contribution in [-0.2, 0) is 20.6 Å². The molecule has 0 amide bonds. The number of carboxylic acid groups (broad SMARTS) is 1. The lowest BCUT2D eigenvalue weighted by Gasteiger charge is -2.27. The summed E-state index contributed by atoms with van der Waals surface area (Å²) in [7, 11) is -3.57. The third-order valence-corrected chi connectivity index (χ3v) is 8.94. The van der Waals surface area contributed by atoms with E-state index in [2.05, 4.69) is 0 Å². The molecule has 0 spiro atoms. The number of aliphatic carboxylic acids is 1. The summed E-state index contributed by atoms with van der Waals surface area (Å²) < 4.78 is 12.6. The normalized spacial score (nSPS) is 26.9. The lowest BCUT2D eigenvalue weighted by atomic mass is 9.78. The second-order valence-corrected chi connectivity index (χ2v) is 11.8. The quantitative estimate of drug-likeness (QED) is 0.392. The molecule has 0 aliphatic heterocycles. The van der Waals surface area contributed by atoms with Crippen LogP contribution in [0.5, 0.6) is 0 Å². The minimum Gasteiger partial charge on any atom is -0.481 e. The zero-order valence-electron chi connectivity index (χ0n) is 17.7. The molecule has 0 aromatic heterocycles. The second kappa shape index (κ2) is 10.7. The van der Waals surface area contributed by atoms with Crippen molar-refractivity contribution in [3.63, 3.8) is 0 Å². The van der Waals surface area contributed by atoms with Crippen molar-refractivity contribution < 1.29 is 24.2 Å². The Morgan fingerprint density at radius 1 is 0.933 bits per heavy atom. The molecule has 6 heteroatoms. The molecule has 0 saturated heterocycles. The highest BCUT2D eigenvalue weighted by Gasteiger charge is 2.45.